The molecule has 25 heavy (non-hydrogen) atoms. The molecule has 132 valence electrons. The maximum absolute atomic E-state index is 13.3. The van der Waals surface area contributed by atoms with Crippen LogP contribution in [0.2, 0.25) is 0 Å². The molecule has 8 heteroatoms. The number of halogens is 1. The fourth-order valence-electron chi connectivity index (χ4n) is 3.23. The molecule has 1 fully saturated rings. The first-order chi connectivity index (χ1) is 12.1. The molecular weight excluding hydrogens is 341 g/mol. The molecule has 6 nitrogen and oxygen atoms in total. The number of aliphatic hydroxyl groups is 1. The Balaban J connectivity index is 1.74. The van der Waals surface area contributed by atoms with E-state index in [-0.39, 0.29) is 18.0 Å². The normalized spacial score (nSPS) is 20.3. The zero-order valence-corrected chi connectivity index (χ0v) is 14.7. The minimum absolute atomic E-state index is 0.228. The monoisotopic (exact) mass is 361 g/mol. The summed E-state index contributed by atoms with van der Waals surface area (Å²) >= 11 is 1.52. The second kappa shape index (κ2) is 6.61. The lowest BCUT2D eigenvalue weighted by Crippen LogP contribution is -2.16. The first-order valence-electron chi connectivity index (χ1n) is 8.46. The first-order valence-corrected chi connectivity index (χ1v) is 9.27. The molecular formula is C17H20FN5OS. The second-order valence-corrected chi connectivity index (χ2v) is 7.33. The molecule has 3 aromatic heterocycles. The molecule has 1 saturated carbocycles. The maximum atomic E-state index is 13.3. The molecule has 0 aromatic carbocycles. The molecule has 2 atom stereocenters. The Morgan fingerprint density at radius 1 is 1.40 bits per heavy atom. The van der Waals surface area contributed by atoms with Crippen molar-refractivity contribution in [3.63, 3.8) is 0 Å². The summed E-state index contributed by atoms with van der Waals surface area (Å²) in [5.74, 6) is 0.434. The molecule has 3 N–H and O–H groups in total. The predicted molar refractivity (Wildman–Crippen MR) is 98.1 cm³/mol. The van der Waals surface area contributed by atoms with E-state index >= 15 is 0 Å². The highest BCUT2D eigenvalue weighted by atomic mass is 32.1. The molecule has 0 amide bonds. The topological polar surface area (TPSA) is 75.0 Å². The average Bonchev–Trinajstić information content (AvgIpc) is 3.27. The summed E-state index contributed by atoms with van der Waals surface area (Å²) in [5.41, 5.74) is 1.83. The van der Waals surface area contributed by atoms with Gasteiger partial charge in [-0.05, 0) is 26.2 Å². The van der Waals surface area contributed by atoms with Gasteiger partial charge in [-0.15, -0.1) is 11.3 Å². The molecule has 0 radical (unpaired) electrons. The van der Waals surface area contributed by atoms with Crippen LogP contribution >= 0.6 is 11.3 Å². The summed E-state index contributed by atoms with van der Waals surface area (Å²) in [4.78, 5) is 4.64. The number of rotatable bonds is 5. The van der Waals surface area contributed by atoms with E-state index in [2.05, 4.69) is 20.7 Å². The van der Waals surface area contributed by atoms with E-state index in [1.54, 1.807) is 0 Å². The summed E-state index contributed by atoms with van der Waals surface area (Å²) in [5, 5.41) is 21.4. The highest BCUT2D eigenvalue weighted by molar-refractivity contribution is 7.22. The van der Waals surface area contributed by atoms with Crippen molar-refractivity contribution in [1.82, 2.24) is 14.8 Å². The molecule has 0 saturated heterocycles. The van der Waals surface area contributed by atoms with Crippen LogP contribution in [0.15, 0.2) is 24.5 Å². The van der Waals surface area contributed by atoms with Gasteiger partial charge < -0.3 is 15.7 Å². The number of nitrogens with zero attached hydrogens (tertiary/aromatic N) is 3. The summed E-state index contributed by atoms with van der Waals surface area (Å²) in [6.07, 6.45) is 4.85. The van der Waals surface area contributed by atoms with Crippen LogP contribution in [0.1, 0.15) is 26.2 Å². The molecule has 3 heterocycles. The van der Waals surface area contributed by atoms with Crippen LogP contribution < -0.4 is 10.6 Å². The highest BCUT2D eigenvalue weighted by Crippen LogP contribution is 2.36. The second-order valence-electron chi connectivity index (χ2n) is 6.30. The minimum atomic E-state index is -0.364. The lowest BCUT2D eigenvalue weighted by molar-refractivity contribution is 0.182. The van der Waals surface area contributed by atoms with Gasteiger partial charge in [0.2, 0.25) is 0 Å². The van der Waals surface area contributed by atoms with Gasteiger partial charge in [0, 0.05) is 24.7 Å². The fraction of sp³-hybridized carbons (Fsp3) is 0.412. The summed E-state index contributed by atoms with van der Waals surface area (Å²) < 4.78 is 15.8. The Morgan fingerprint density at radius 2 is 2.28 bits per heavy atom. The standard InChI is InChI=1S/C17H20FN5OS/c1-2-19-15-6-13(21-11-3-4-12(24)5-11)17-14(22-15)7-16(25-17)23-9-10(18)8-20-23/h6-9,11-12,24H,2-5H2,1H3,(H2,19,21,22)/t11-,12-/m0/s1. The molecule has 0 aliphatic heterocycles. The third-order valence-electron chi connectivity index (χ3n) is 4.37. The van der Waals surface area contributed by atoms with E-state index in [0.717, 1.165) is 52.5 Å². The van der Waals surface area contributed by atoms with Gasteiger partial charge in [-0.2, -0.15) is 5.10 Å². The molecule has 4 rings (SSSR count). The van der Waals surface area contributed by atoms with Crippen molar-refractivity contribution in [3.05, 3.63) is 30.3 Å². The highest BCUT2D eigenvalue weighted by Gasteiger charge is 2.24. The van der Waals surface area contributed by atoms with E-state index in [4.69, 9.17) is 0 Å². The smallest absolute Gasteiger partial charge is 0.161 e. The van der Waals surface area contributed by atoms with E-state index < -0.39 is 0 Å². The molecule has 0 bridgehead atoms. The van der Waals surface area contributed by atoms with Gasteiger partial charge in [0.05, 0.1) is 34.4 Å². The first kappa shape index (κ1) is 16.3. The number of fused-ring (bicyclic) bond motifs is 1. The van der Waals surface area contributed by atoms with Gasteiger partial charge in [-0.3, -0.25) is 0 Å². The Hall–Kier alpha value is -2.19. The number of nitrogens with one attached hydrogen (secondary N) is 2. The van der Waals surface area contributed by atoms with E-state index in [0.29, 0.717) is 0 Å². The quantitative estimate of drug-likeness (QED) is 0.650. The van der Waals surface area contributed by atoms with Crippen molar-refractivity contribution in [3.8, 4) is 5.00 Å². The zero-order valence-electron chi connectivity index (χ0n) is 13.9. The van der Waals surface area contributed by atoms with Gasteiger partial charge in [-0.25, -0.2) is 14.1 Å². The number of hydrogen-bond acceptors (Lipinski definition) is 6. The van der Waals surface area contributed by atoms with Gasteiger partial charge in [-0.1, -0.05) is 0 Å². The molecule has 3 aromatic rings. The third kappa shape index (κ3) is 3.32. The third-order valence-corrected chi connectivity index (χ3v) is 5.51. The number of anilines is 2. The Labute approximate surface area is 148 Å². The van der Waals surface area contributed by atoms with Gasteiger partial charge in [0.15, 0.2) is 5.82 Å². The maximum Gasteiger partial charge on any atom is 0.161 e. The van der Waals surface area contributed by atoms with Crippen molar-refractivity contribution in [1.29, 1.82) is 0 Å². The summed E-state index contributed by atoms with van der Waals surface area (Å²) in [7, 11) is 0. The van der Waals surface area contributed by atoms with Gasteiger partial charge in [0.1, 0.15) is 10.8 Å². The lowest BCUT2D eigenvalue weighted by atomic mass is 10.2. The molecule has 0 spiro atoms. The van der Waals surface area contributed by atoms with Gasteiger partial charge >= 0.3 is 0 Å². The van der Waals surface area contributed by atoms with E-state index in [9.17, 15) is 9.50 Å². The number of thiophene rings is 1. The number of aromatic nitrogens is 3. The number of aliphatic hydroxyl groups excluding tert-OH is 1. The SMILES string of the molecule is CCNc1cc(N[C@H]2CC[C@H](O)C2)c2sc(-n3cc(F)cn3)cc2n1. The summed E-state index contributed by atoms with van der Waals surface area (Å²) in [6.45, 7) is 2.80. The van der Waals surface area contributed by atoms with Crippen LogP contribution in [0.3, 0.4) is 0 Å². The average molecular weight is 361 g/mol. The largest absolute Gasteiger partial charge is 0.393 e. The van der Waals surface area contributed by atoms with E-state index in [1.165, 1.54) is 28.4 Å². The molecule has 1 aliphatic carbocycles. The van der Waals surface area contributed by atoms with Crippen molar-refractivity contribution in [2.45, 2.75) is 38.3 Å². The van der Waals surface area contributed by atoms with Crippen LogP contribution in [0.4, 0.5) is 15.9 Å². The van der Waals surface area contributed by atoms with Crippen LogP contribution in [0, 0.1) is 5.82 Å². The molecule has 1 aliphatic rings. The lowest BCUT2D eigenvalue weighted by Gasteiger charge is -2.15. The van der Waals surface area contributed by atoms with Crippen LogP contribution in [-0.4, -0.2) is 38.6 Å². The van der Waals surface area contributed by atoms with Crippen molar-refractivity contribution in [2.75, 3.05) is 17.2 Å². The molecule has 0 unspecified atom stereocenters. The minimum Gasteiger partial charge on any atom is -0.393 e. The van der Waals surface area contributed by atoms with Crippen LogP contribution in [-0.2, 0) is 0 Å². The Morgan fingerprint density at radius 3 is 2.96 bits per heavy atom. The Kier molecular flexibility index (Phi) is 4.30. The fourth-order valence-corrected chi connectivity index (χ4v) is 4.24. The van der Waals surface area contributed by atoms with E-state index in [1.807, 2.05) is 19.1 Å². The van der Waals surface area contributed by atoms with Crippen LogP contribution in [0.5, 0.6) is 0 Å². The predicted octanol–water partition coefficient (Wildman–Crippen LogP) is 3.38. The van der Waals surface area contributed by atoms with Crippen molar-refractivity contribution < 1.29 is 9.50 Å². The van der Waals surface area contributed by atoms with Crippen molar-refractivity contribution in [2.24, 2.45) is 0 Å². The van der Waals surface area contributed by atoms with Crippen LogP contribution in [0.25, 0.3) is 15.2 Å². The van der Waals surface area contributed by atoms with Gasteiger partial charge in [0.25, 0.3) is 0 Å². The summed E-state index contributed by atoms with van der Waals surface area (Å²) in [6, 6.07) is 4.17. The van der Waals surface area contributed by atoms with Crippen molar-refractivity contribution >= 4 is 33.1 Å². The number of hydrogen-bond donors (Lipinski definition) is 3. The number of pyridine rings is 1. The zero-order chi connectivity index (χ0) is 17.4. The Bertz CT molecular complexity index is 892.